The van der Waals surface area contributed by atoms with Crippen molar-refractivity contribution in [1.29, 1.82) is 0 Å². The summed E-state index contributed by atoms with van der Waals surface area (Å²) in [5, 5.41) is 0. The molecule has 1 unspecified atom stereocenters. The van der Waals surface area contributed by atoms with Crippen LogP contribution in [0, 0.1) is 0 Å². The van der Waals surface area contributed by atoms with Crippen molar-refractivity contribution in [2.75, 3.05) is 12.3 Å². The van der Waals surface area contributed by atoms with Crippen LogP contribution in [0.5, 0.6) is 0 Å². The lowest BCUT2D eigenvalue weighted by Crippen LogP contribution is -2.55. The largest absolute Gasteiger partial charge is 0.475 e. The monoisotopic (exact) mass is 439 g/mol. The fourth-order valence-corrected chi connectivity index (χ4v) is 4.90. The van der Waals surface area contributed by atoms with Crippen LogP contribution < -0.4 is 11.3 Å². The topological polar surface area (TPSA) is 144 Å². The van der Waals surface area contributed by atoms with E-state index in [1.807, 2.05) is 0 Å². The molecule has 4 heterocycles. The van der Waals surface area contributed by atoms with E-state index in [1.54, 1.807) is 0 Å². The molecular weight excluding hydrogens is 422 g/mol. The maximum absolute atomic E-state index is 15.3. The second kappa shape index (κ2) is 6.77. The van der Waals surface area contributed by atoms with Gasteiger partial charge >= 0.3 is 7.82 Å². The first kappa shape index (κ1) is 20.3. The van der Waals surface area contributed by atoms with Crippen LogP contribution in [0.25, 0.3) is 11.2 Å². The van der Waals surface area contributed by atoms with Crippen LogP contribution in [0.2, 0.25) is 0 Å². The lowest BCUT2D eigenvalue weighted by atomic mass is 9.97. The molecule has 2 saturated heterocycles. The quantitative estimate of drug-likeness (QED) is 0.678. The van der Waals surface area contributed by atoms with Crippen LogP contribution in [0.3, 0.4) is 0 Å². The van der Waals surface area contributed by atoms with Gasteiger partial charge in [-0.15, -0.1) is 0 Å². The standard InChI is InChI=1S/C14H17F3N5O6P/c1-5(2)27-29(24)25-3-14(12(16)17)8(28-29)6(15)11(26-14)22-4-19-7-9(22)20-13(18)21-10(7)23/h4-6,8,11-12H,3H2,1-2H3,(H3,18,20,21,23)/t6-,8-,11+,14+,29?/m0/s1. The number of ether oxygens (including phenoxy) is 1. The molecule has 0 radical (unpaired) electrons. The van der Waals surface area contributed by atoms with Gasteiger partial charge in [-0.1, -0.05) is 0 Å². The summed E-state index contributed by atoms with van der Waals surface area (Å²) in [6.07, 6.45) is -8.81. The molecule has 11 nitrogen and oxygen atoms in total. The van der Waals surface area contributed by atoms with Crippen molar-refractivity contribution in [3.8, 4) is 0 Å². The predicted octanol–water partition coefficient (Wildman–Crippen LogP) is 1.52. The number of aromatic nitrogens is 4. The van der Waals surface area contributed by atoms with Crippen molar-refractivity contribution in [3.63, 3.8) is 0 Å². The summed E-state index contributed by atoms with van der Waals surface area (Å²) in [5.74, 6) is -0.284. The molecule has 4 rings (SSSR count). The minimum atomic E-state index is -4.30. The highest BCUT2D eigenvalue weighted by Gasteiger charge is 2.68. The normalized spacial score (nSPS) is 34.9. The van der Waals surface area contributed by atoms with Gasteiger partial charge < -0.3 is 10.5 Å². The third kappa shape index (κ3) is 3.15. The minimum absolute atomic E-state index is 0.176. The van der Waals surface area contributed by atoms with Gasteiger partial charge in [0.25, 0.3) is 12.0 Å². The zero-order chi connectivity index (χ0) is 21.1. The third-order valence-corrected chi connectivity index (χ3v) is 6.12. The highest BCUT2D eigenvalue weighted by atomic mass is 31.2. The predicted molar refractivity (Wildman–Crippen MR) is 91.0 cm³/mol. The molecule has 0 aliphatic carbocycles. The molecule has 0 bridgehead atoms. The number of aromatic amines is 1. The average Bonchev–Trinajstić information content (AvgIpc) is 3.14. The first-order valence-electron chi connectivity index (χ1n) is 8.50. The van der Waals surface area contributed by atoms with Crippen molar-refractivity contribution in [3.05, 3.63) is 16.7 Å². The number of hydrogen-bond donors (Lipinski definition) is 2. The smallest absolute Gasteiger partial charge is 0.369 e. The molecule has 2 aromatic rings. The second-order valence-corrected chi connectivity index (χ2v) is 8.46. The average molecular weight is 439 g/mol. The molecule has 2 aliphatic rings. The highest BCUT2D eigenvalue weighted by molar-refractivity contribution is 7.48. The molecule has 15 heteroatoms. The molecule has 29 heavy (non-hydrogen) atoms. The van der Waals surface area contributed by atoms with Gasteiger partial charge in [0.15, 0.2) is 29.2 Å². The number of anilines is 1. The van der Waals surface area contributed by atoms with E-state index in [9.17, 15) is 18.1 Å². The summed E-state index contributed by atoms with van der Waals surface area (Å²) in [6, 6.07) is 0. The van der Waals surface area contributed by atoms with Crippen LogP contribution >= 0.6 is 7.82 Å². The number of fused-ring (bicyclic) bond motifs is 2. The maximum Gasteiger partial charge on any atom is 0.475 e. The van der Waals surface area contributed by atoms with E-state index >= 15 is 4.39 Å². The first-order chi connectivity index (χ1) is 13.6. The van der Waals surface area contributed by atoms with E-state index in [0.717, 1.165) is 10.9 Å². The van der Waals surface area contributed by atoms with Gasteiger partial charge in [0.2, 0.25) is 5.95 Å². The molecule has 160 valence electrons. The molecule has 5 atom stereocenters. The summed E-state index contributed by atoms with van der Waals surface area (Å²) in [5.41, 5.74) is 1.88. The van der Waals surface area contributed by atoms with E-state index in [4.69, 9.17) is 24.0 Å². The minimum Gasteiger partial charge on any atom is -0.369 e. The summed E-state index contributed by atoms with van der Waals surface area (Å²) >= 11 is 0. The second-order valence-electron chi connectivity index (χ2n) is 6.88. The molecule has 2 aromatic heterocycles. The summed E-state index contributed by atoms with van der Waals surface area (Å²) in [4.78, 5) is 21.8. The van der Waals surface area contributed by atoms with Crippen molar-refractivity contribution in [1.82, 2.24) is 19.5 Å². The Morgan fingerprint density at radius 3 is 2.86 bits per heavy atom. The SMILES string of the molecule is CC(C)OP1(=O)OC[C@@]2(C(F)F)O[C@@H](n3cnc4c(=O)[nH]c(N)nc43)[C@@H](F)[C@@H]2O1. The van der Waals surface area contributed by atoms with Gasteiger partial charge in [-0.2, -0.15) is 4.98 Å². The van der Waals surface area contributed by atoms with E-state index in [1.165, 1.54) is 13.8 Å². The fraction of sp³-hybridized carbons (Fsp3) is 0.643. The van der Waals surface area contributed by atoms with Gasteiger partial charge in [0, 0.05) is 0 Å². The third-order valence-electron chi connectivity index (χ3n) is 4.51. The number of hydrogen-bond acceptors (Lipinski definition) is 9. The molecule has 0 aromatic carbocycles. The van der Waals surface area contributed by atoms with Crippen molar-refractivity contribution in [2.24, 2.45) is 0 Å². The lowest BCUT2D eigenvalue weighted by molar-refractivity contribution is -0.208. The Hall–Kier alpha value is -1.99. The Balaban J connectivity index is 1.76. The zero-order valence-electron chi connectivity index (χ0n) is 15.1. The summed E-state index contributed by atoms with van der Waals surface area (Å²) in [7, 11) is -4.30. The van der Waals surface area contributed by atoms with E-state index in [-0.39, 0.29) is 17.1 Å². The fourth-order valence-electron chi connectivity index (χ4n) is 3.28. The Labute approximate surface area is 160 Å². The van der Waals surface area contributed by atoms with Crippen LogP contribution in [-0.4, -0.2) is 56.5 Å². The number of rotatable bonds is 4. The number of phosphoric ester groups is 1. The van der Waals surface area contributed by atoms with Crippen LogP contribution in [0.15, 0.2) is 11.1 Å². The molecular formula is C14H17F3N5O6P. The number of imidazole rings is 1. The maximum atomic E-state index is 15.3. The number of nitrogens with one attached hydrogen (secondary N) is 1. The first-order valence-corrected chi connectivity index (χ1v) is 9.96. The Kier molecular flexibility index (Phi) is 4.74. The number of nitrogens with two attached hydrogens (primary N) is 1. The summed E-state index contributed by atoms with van der Waals surface area (Å²) in [6.45, 7) is 2.11. The Morgan fingerprint density at radius 2 is 2.21 bits per heavy atom. The molecule has 0 amide bonds. The van der Waals surface area contributed by atoms with Crippen molar-refractivity contribution in [2.45, 2.75) is 50.5 Å². The van der Waals surface area contributed by atoms with Gasteiger partial charge in [0.05, 0.1) is 19.0 Å². The number of H-pyrrole nitrogens is 1. The summed E-state index contributed by atoms with van der Waals surface area (Å²) < 4.78 is 77.0. The van der Waals surface area contributed by atoms with Crippen LogP contribution in [-0.2, 0) is 22.9 Å². The van der Waals surface area contributed by atoms with Crippen LogP contribution in [0.1, 0.15) is 20.1 Å². The van der Waals surface area contributed by atoms with Gasteiger partial charge in [-0.05, 0) is 13.8 Å². The number of nitrogens with zero attached hydrogens (tertiary/aromatic N) is 3. The molecule has 0 saturated carbocycles. The number of halogens is 3. The van der Waals surface area contributed by atoms with Gasteiger partial charge in [-0.3, -0.25) is 27.9 Å². The molecule has 3 N–H and O–H groups in total. The van der Waals surface area contributed by atoms with Crippen molar-refractivity contribution < 1.29 is 36.0 Å². The van der Waals surface area contributed by atoms with Gasteiger partial charge in [-0.25, -0.2) is 22.7 Å². The van der Waals surface area contributed by atoms with E-state index in [2.05, 4.69) is 15.0 Å². The molecule has 2 aliphatic heterocycles. The Bertz CT molecular complexity index is 1050. The van der Waals surface area contributed by atoms with E-state index in [0.29, 0.717) is 0 Å². The lowest BCUT2D eigenvalue weighted by Gasteiger charge is -2.39. The molecule has 2 fully saturated rings. The number of alkyl halides is 3. The zero-order valence-corrected chi connectivity index (χ0v) is 16.0. The van der Waals surface area contributed by atoms with E-state index < -0.39 is 56.6 Å². The number of nitrogen functional groups attached to an aromatic ring is 1. The number of phosphoric acid groups is 1. The van der Waals surface area contributed by atoms with Crippen LogP contribution in [0.4, 0.5) is 19.1 Å². The molecule has 0 spiro atoms. The Morgan fingerprint density at radius 1 is 1.48 bits per heavy atom. The van der Waals surface area contributed by atoms with Gasteiger partial charge in [0.1, 0.15) is 6.10 Å². The highest BCUT2D eigenvalue weighted by Crippen LogP contribution is 2.61. The van der Waals surface area contributed by atoms with Crippen molar-refractivity contribution >= 4 is 24.9 Å².